The van der Waals surface area contributed by atoms with Crippen molar-refractivity contribution in [3.05, 3.63) is 29.8 Å². The van der Waals surface area contributed by atoms with Crippen LogP contribution in [-0.4, -0.2) is 29.9 Å². The third-order valence-electron chi connectivity index (χ3n) is 2.64. The molecule has 1 atom stereocenters. The number of ether oxygens (including phenoxy) is 1. The van der Waals surface area contributed by atoms with E-state index in [9.17, 15) is 5.11 Å². The highest BCUT2D eigenvalue weighted by Crippen LogP contribution is 2.12. The maximum atomic E-state index is 9.79. The Balaban J connectivity index is 2.31. The topological polar surface area (TPSA) is 41.5 Å². The van der Waals surface area contributed by atoms with Crippen LogP contribution in [0.4, 0.5) is 0 Å². The third-order valence-corrected chi connectivity index (χ3v) is 2.64. The van der Waals surface area contributed by atoms with Crippen LogP contribution in [0.2, 0.25) is 0 Å². The van der Waals surface area contributed by atoms with Gasteiger partial charge in [0.25, 0.3) is 0 Å². The summed E-state index contributed by atoms with van der Waals surface area (Å²) in [7, 11) is 0. The number of hydrogen-bond acceptors (Lipinski definition) is 3. The molecule has 0 heterocycles. The first-order chi connectivity index (χ1) is 8.40. The van der Waals surface area contributed by atoms with Gasteiger partial charge in [-0.15, -0.1) is 0 Å². The van der Waals surface area contributed by atoms with E-state index >= 15 is 0 Å². The van der Waals surface area contributed by atoms with Gasteiger partial charge in [-0.25, -0.2) is 0 Å². The zero-order chi connectivity index (χ0) is 13.6. The SMILES string of the molecule is CCc1ccc(OC[C@H](O)CNC(C)(C)C)cc1. The number of rotatable bonds is 6. The van der Waals surface area contributed by atoms with Gasteiger partial charge < -0.3 is 15.2 Å². The Morgan fingerprint density at radius 2 is 1.83 bits per heavy atom. The first-order valence-electron chi connectivity index (χ1n) is 6.55. The van der Waals surface area contributed by atoms with Gasteiger partial charge >= 0.3 is 0 Å². The highest BCUT2D eigenvalue weighted by Gasteiger charge is 2.12. The van der Waals surface area contributed by atoms with Crippen molar-refractivity contribution in [1.29, 1.82) is 0 Å². The van der Waals surface area contributed by atoms with Crippen LogP contribution in [0.15, 0.2) is 24.3 Å². The van der Waals surface area contributed by atoms with E-state index in [4.69, 9.17) is 4.74 Å². The van der Waals surface area contributed by atoms with Crippen molar-refractivity contribution in [3.63, 3.8) is 0 Å². The lowest BCUT2D eigenvalue weighted by Gasteiger charge is -2.22. The molecule has 0 saturated carbocycles. The van der Waals surface area contributed by atoms with Crippen LogP contribution in [0.1, 0.15) is 33.3 Å². The molecule has 0 bridgehead atoms. The van der Waals surface area contributed by atoms with Gasteiger partial charge in [0.05, 0.1) is 0 Å². The lowest BCUT2D eigenvalue weighted by atomic mass is 10.1. The van der Waals surface area contributed by atoms with Gasteiger partial charge in [0, 0.05) is 12.1 Å². The molecule has 1 rings (SSSR count). The standard InChI is InChI=1S/C15H25NO2/c1-5-12-6-8-14(9-7-12)18-11-13(17)10-16-15(2,3)4/h6-9,13,16-17H,5,10-11H2,1-4H3/t13-/m1/s1. The zero-order valence-corrected chi connectivity index (χ0v) is 11.9. The fourth-order valence-corrected chi connectivity index (χ4v) is 1.50. The van der Waals surface area contributed by atoms with E-state index in [0.29, 0.717) is 13.2 Å². The molecule has 0 radical (unpaired) electrons. The molecule has 0 aromatic heterocycles. The minimum Gasteiger partial charge on any atom is -0.491 e. The van der Waals surface area contributed by atoms with Crippen molar-refractivity contribution in [2.45, 2.75) is 45.8 Å². The molecule has 1 aromatic rings. The first kappa shape index (κ1) is 15.0. The molecule has 2 N–H and O–H groups in total. The number of aliphatic hydroxyl groups excluding tert-OH is 1. The summed E-state index contributed by atoms with van der Waals surface area (Å²) in [4.78, 5) is 0. The highest BCUT2D eigenvalue weighted by atomic mass is 16.5. The molecule has 0 amide bonds. The first-order valence-corrected chi connectivity index (χ1v) is 6.55. The molecule has 0 aliphatic carbocycles. The lowest BCUT2D eigenvalue weighted by molar-refractivity contribution is 0.100. The molecule has 0 spiro atoms. The summed E-state index contributed by atoms with van der Waals surface area (Å²) < 4.78 is 5.54. The van der Waals surface area contributed by atoms with Gasteiger partial charge in [0.15, 0.2) is 0 Å². The molecule has 3 heteroatoms. The van der Waals surface area contributed by atoms with E-state index in [0.717, 1.165) is 12.2 Å². The quantitative estimate of drug-likeness (QED) is 0.815. The van der Waals surface area contributed by atoms with E-state index in [1.54, 1.807) is 0 Å². The molecule has 102 valence electrons. The molecule has 0 aliphatic heterocycles. The second-order valence-electron chi connectivity index (χ2n) is 5.59. The van der Waals surface area contributed by atoms with E-state index in [1.807, 2.05) is 12.1 Å². The smallest absolute Gasteiger partial charge is 0.119 e. The van der Waals surface area contributed by atoms with E-state index < -0.39 is 6.10 Å². The minimum absolute atomic E-state index is 0.0176. The van der Waals surface area contributed by atoms with E-state index in [2.05, 4.69) is 45.1 Å². The highest BCUT2D eigenvalue weighted by molar-refractivity contribution is 5.27. The normalized spacial score (nSPS) is 13.4. The van der Waals surface area contributed by atoms with Crippen molar-refractivity contribution < 1.29 is 9.84 Å². The molecule has 1 aromatic carbocycles. The maximum Gasteiger partial charge on any atom is 0.119 e. The Morgan fingerprint density at radius 1 is 1.22 bits per heavy atom. The largest absolute Gasteiger partial charge is 0.491 e. The van der Waals surface area contributed by atoms with E-state index in [1.165, 1.54) is 5.56 Å². The molecule has 0 unspecified atom stereocenters. The number of nitrogens with one attached hydrogen (secondary N) is 1. The van der Waals surface area contributed by atoms with Gasteiger partial charge in [-0.05, 0) is 44.9 Å². The van der Waals surface area contributed by atoms with Crippen molar-refractivity contribution in [2.24, 2.45) is 0 Å². The fraction of sp³-hybridized carbons (Fsp3) is 0.600. The van der Waals surface area contributed by atoms with E-state index in [-0.39, 0.29) is 5.54 Å². The van der Waals surface area contributed by atoms with Gasteiger partial charge in [-0.1, -0.05) is 19.1 Å². The molecular weight excluding hydrogens is 226 g/mol. The van der Waals surface area contributed by atoms with Crippen LogP contribution in [0.5, 0.6) is 5.75 Å². The second kappa shape index (κ2) is 6.76. The van der Waals surface area contributed by atoms with Crippen LogP contribution in [0, 0.1) is 0 Å². The Bertz CT molecular complexity index is 341. The summed E-state index contributed by atoms with van der Waals surface area (Å²) in [5, 5.41) is 13.0. The number of benzene rings is 1. The summed E-state index contributed by atoms with van der Waals surface area (Å²) in [5.74, 6) is 0.807. The van der Waals surface area contributed by atoms with Crippen LogP contribution in [0.3, 0.4) is 0 Å². The summed E-state index contributed by atoms with van der Waals surface area (Å²) in [6.45, 7) is 9.20. The average Bonchev–Trinajstić information content (AvgIpc) is 2.33. The number of β-amino-alcohol motifs (C(OH)–C–C–N with tert-alkyl or cyclic N) is 1. The molecule has 0 fully saturated rings. The predicted molar refractivity (Wildman–Crippen MR) is 75.1 cm³/mol. The molecule has 18 heavy (non-hydrogen) atoms. The summed E-state index contributed by atoms with van der Waals surface area (Å²) in [6, 6.07) is 8.00. The number of aliphatic hydroxyl groups is 1. The number of aryl methyl sites for hydroxylation is 1. The van der Waals surface area contributed by atoms with Crippen molar-refractivity contribution >= 4 is 0 Å². The predicted octanol–water partition coefficient (Wildman–Crippen LogP) is 2.38. The van der Waals surface area contributed by atoms with Gasteiger partial charge in [-0.3, -0.25) is 0 Å². The molecule has 0 aliphatic rings. The van der Waals surface area contributed by atoms with Crippen LogP contribution in [-0.2, 0) is 6.42 Å². The van der Waals surface area contributed by atoms with Gasteiger partial charge in [0.2, 0.25) is 0 Å². The average molecular weight is 251 g/mol. The molecular formula is C15H25NO2. The van der Waals surface area contributed by atoms with Crippen molar-refractivity contribution in [2.75, 3.05) is 13.2 Å². The monoisotopic (exact) mass is 251 g/mol. The fourth-order valence-electron chi connectivity index (χ4n) is 1.50. The third kappa shape index (κ3) is 6.03. The molecule has 3 nitrogen and oxygen atoms in total. The van der Waals surface area contributed by atoms with Gasteiger partial charge in [0.1, 0.15) is 18.5 Å². The zero-order valence-electron chi connectivity index (χ0n) is 11.9. The van der Waals surface area contributed by atoms with Crippen LogP contribution in [0.25, 0.3) is 0 Å². The maximum absolute atomic E-state index is 9.79. The van der Waals surface area contributed by atoms with Crippen LogP contribution < -0.4 is 10.1 Å². The van der Waals surface area contributed by atoms with Crippen molar-refractivity contribution in [1.82, 2.24) is 5.32 Å². The Morgan fingerprint density at radius 3 is 2.33 bits per heavy atom. The van der Waals surface area contributed by atoms with Gasteiger partial charge in [-0.2, -0.15) is 0 Å². The summed E-state index contributed by atoms with van der Waals surface area (Å²) in [5.41, 5.74) is 1.31. The second-order valence-corrected chi connectivity index (χ2v) is 5.59. The summed E-state index contributed by atoms with van der Waals surface area (Å²) >= 11 is 0. The Kier molecular flexibility index (Phi) is 5.63. The Hall–Kier alpha value is -1.06. The van der Waals surface area contributed by atoms with Crippen LogP contribution >= 0.6 is 0 Å². The Labute approximate surface area is 110 Å². The minimum atomic E-state index is -0.491. The lowest BCUT2D eigenvalue weighted by Crippen LogP contribution is -2.42. The van der Waals surface area contributed by atoms with Crippen molar-refractivity contribution in [3.8, 4) is 5.75 Å². The summed E-state index contributed by atoms with van der Waals surface area (Å²) in [6.07, 6.45) is 0.536. The number of hydrogen-bond donors (Lipinski definition) is 2. The molecule has 0 saturated heterocycles.